The van der Waals surface area contributed by atoms with Crippen molar-refractivity contribution in [3.05, 3.63) is 51.7 Å². The molecule has 0 fully saturated rings. The number of aromatic carboxylic acids is 1. The fourth-order valence-corrected chi connectivity index (χ4v) is 3.46. The molecule has 1 aromatic carbocycles. The summed E-state index contributed by atoms with van der Waals surface area (Å²) >= 11 is 1.52. The first kappa shape index (κ1) is 14.7. The molecule has 0 saturated carbocycles. The van der Waals surface area contributed by atoms with Gasteiger partial charge in [0, 0.05) is 6.54 Å². The van der Waals surface area contributed by atoms with Gasteiger partial charge in [0.15, 0.2) is 0 Å². The highest BCUT2D eigenvalue weighted by molar-refractivity contribution is 7.89. The van der Waals surface area contributed by atoms with Gasteiger partial charge in [-0.05, 0) is 53.1 Å². The summed E-state index contributed by atoms with van der Waals surface area (Å²) in [6.07, 6.45) is 0. The number of hydrogen-bond acceptors (Lipinski definition) is 4. The topological polar surface area (TPSA) is 83.5 Å². The van der Waals surface area contributed by atoms with Crippen LogP contribution in [0.15, 0.2) is 39.9 Å². The van der Waals surface area contributed by atoms with E-state index in [0.29, 0.717) is 0 Å². The molecule has 0 atom stereocenters. The number of carbonyl (C=O) groups is 1. The molecule has 7 heteroatoms. The van der Waals surface area contributed by atoms with Crippen LogP contribution in [0.25, 0.3) is 0 Å². The lowest BCUT2D eigenvalue weighted by Gasteiger charge is -2.07. The molecule has 0 spiro atoms. The Morgan fingerprint density at radius 1 is 1.25 bits per heavy atom. The molecule has 1 aromatic heterocycles. The molecule has 0 aliphatic heterocycles. The molecular weight excluding hydrogens is 298 g/mol. The van der Waals surface area contributed by atoms with Crippen molar-refractivity contribution in [1.29, 1.82) is 0 Å². The number of hydrogen-bond donors (Lipinski definition) is 2. The second kappa shape index (κ2) is 5.74. The maximum atomic E-state index is 12.1. The quantitative estimate of drug-likeness (QED) is 0.887. The molecule has 20 heavy (non-hydrogen) atoms. The minimum absolute atomic E-state index is 0.0513. The number of aryl methyl sites for hydroxylation is 1. The molecule has 2 aromatic rings. The van der Waals surface area contributed by atoms with Gasteiger partial charge >= 0.3 is 5.97 Å². The fourth-order valence-electron chi connectivity index (χ4n) is 1.60. The third-order valence-corrected chi connectivity index (χ3v) is 5.15. The number of sulfonamides is 1. The van der Waals surface area contributed by atoms with Crippen LogP contribution in [0.5, 0.6) is 0 Å². The smallest absolute Gasteiger partial charge is 0.335 e. The minimum Gasteiger partial charge on any atom is -0.478 e. The van der Waals surface area contributed by atoms with Gasteiger partial charge in [0.25, 0.3) is 0 Å². The van der Waals surface area contributed by atoms with Crippen LogP contribution in [-0.4, -0.2) is 19.5 Å². The van der Waals surface area contributed by atoms with E-state index < -0.39 is 16.0 Å². The van der Waals surface area contributed by atoms with Crippen LogP contribution in [0.4, 0.5) is 0 Å². The van der Waals surface area contributed by atoms with Crippen LogP contribution in [0.3, 0.4) is 0 Å². The molecule has 0 bridgehead atoms. The molecule has 2 N–H and O–H groups in total. The first-order valence-corrected chi connectivity index (χ1v) is 8.17. The van der Waals surface area contributed by atoms with E-state index >= 15 is 0 Å². The summed E-state index contributed by atoms with van der Waals surface area (Å²) in [5.41, 5.74) is 2.03. The average molecular weight is 311 g/mol. The van der Waals surface area contributed by atoms with Gasteiger partial charge in [-0.15, -0.1) is 0 Å². The number of carboxylic acids is 1. The first-order chi connectivity index (χ1) is 9.40. The van der Waals surface area contributed by atoms with Crippen molar-refractivity contribution < 1.29 is 18.3 Å². The molecule has 0 radical (unpaired) electrons. The lowest BCUT2D eigenvalue weighted by Crippen LogP contribution is -2.23. The maximum absolute atomic E-state index is 12.1. The van der Waals surface area contributed by atoms with Crippen molar-refractivity contribution in [2.45, 2.75) is 18.4 Å². The highest BCUT2D eigenvalue weighted by Gasteiger charge is 2.15. The van der Waals surface area contributed by atoms with Crippen molar-refractivity contribution in [1.82, 2.24) is 4.72 Å². The summed E-state index contributed by atoms with van der Waals surface area (Å²) in [6.45, 7) is 2.14. The Morgan fingerprint density at radius 3 is 2.40 bits per heavy atom. The Kier molecular flexibility index (Phi) is 4.22. The third-order valence-electron chi connectivity index (χ3n) is 2.83. The summed E-state index contributed by atoms with van der Waals surface area (Å²) < 4.78 is 26.6. The van der Waals surface area contributed by atoms with Crippen LogP contribution >= 0.6 is 11.3 Å². The largest absolute Gasteiger partial charge is 0.478 e. The number of rotatable bonds is 5. The Hall–Kier alpha value is -1.70. The zero-order valence-corrected chi connectivity index (χ0v) is 12.3. The molecular formula is C13H13NO4S2. The summed E-state index contributed by atoms with van der Waals surface area (Å²) in [5.74, 6) is -1.09. The van der Waals surface area contributed by atoms with Gasteiger partial charge in [0.05, 0.1) is 10.5 Å². The summed E-state index contributed by atoms with van der Waals surface area (Å²) in [4.78, 5) is 10.8. The molecule has 0 aliphatic carbocycles. The Balaban J connectivity index is 2.14. The summed E-state index contributed by atoms with van der Waals surface area (Å²) in [5, 5.41) is 12.6. The highest BCUT2D eigenvalue weighted by Crippen LogP contribution is 2.15. The zero-order valence-electron chi connectivity index (χ0n) is 10.7. The zero-order chi connectivity index (χ0) is 14.8. The van der Waals surface area contributed by atoms with E-state index in [9.17, 15) is 13.2 Å². The minimum atomic E-state index is -3.63. The van der Waals surface area contributed by atoms with Crippen LogP contribution in [0.1, 0.15) is 21.5 Å². The molecule has 0 aliphatic rings. The van der Waals surface area contributed by atoms with Gasteiger partial charge in [0.2, 0.25) is 10.0 Å². The van der Waals surface area contributed by atoms with Gasteiger partial charge in [0.1, 0.15) is 0 Å². The van der Waals surface area contributed by atoms with E-state index in [0.717, 1.165) is 11.1 Å². The van der Waals surface area contributed by atoms with E-state index in [-0.39, 0.29) is 17.0 Å². The molecule has 0 amide bonds. The van der Waals surface area contributed by atoms with E-state index in [1.54, 1.807) is 0 Å². The van der Waals surface area contributed by atoms with Gasteiger partial charge in [-0.2, -0.15) is 11.3 Å². The molecule has 2 rings (SSSR count). The number of benzene rings is 1. The van der Waals surface area contributed by atoms with Crippen molar-refractivity contribution in [2.24, 2.45) is 0 Å². The first-order valence-electron chi connectivity index (χ1n) is 5.75. The second-order valence-electron chi connectivity index (χ2n) is 4.23. The monoisotopic (exact) mass is 311 g/mol. The number of nitrogens with one attached hydrogen (secondary N) is 1. The van der Waals surface area contributed by atoms with E-state index in [2.05, 4.69) is 4.72 Å². The number of carboxylic acid groups (broad SMARTS) is 1. The van der Waals surface area contributed by atoms with Crippen LogP contribution in [0, 0.1) is 6.92 Å². The third kappa shape index (κ3) is 3.24. The predicted octanol–water partition coefficient (Wildman–Crippen LogP) is 2.23. The van der Waals surface area contributed by atoms with E-state index in [1.807, 2.05) is 17.7 Å². The normalized spacial score (nSPS) is 11.4. The maximum Gasteiger partial charge on any atom is 0.335 e. The van der Waals surface area contributed by atoms with Crippen molar-refractivity contribution >= 4 is 27.3 Å². The van der Waals surface area contributed by atoms with Crippen molar-refractivity contribution in [2.75, 3.05) is 0 Å². The molecule has 0 saturated heterocycles. The average Bonchev–Trinajstić information content (AvgIpc) is 2.82. The number of thiophene rings is 1. The fraction of sp³-hybridized carbons (Fsp3) is 0.154. The molecule has 5 nitrogen and oxygen atoms in total. The Bertz CT molecular complexity index is 717. The Morgan fingerprint density at radius 2 is 1.90 bits per heavy atom. The van der Waals surface area contributed by atoms with Crippen LogP contribution in [0.2, 0.25) is 0 Å². The van der Waals surface area contributed by atoms with Crippen LogP contribution in [-0.2, 0) is 16.6 Å². The van der Waals surface area contributed by atoms with E-state index in [1.165, 1.54) is 35.6 Å². The lowest BCUT2D eigenvalue weighted by molar-refractivity contribution is 0.0696. The lowest BCUT2D eigenvalue weighted by atomic mass is 10.2. The standard InChI is InChI=1S/C13H13NO4S2/c1-9-7-19-8-11(9)6-14-20(17,18)12-4-2-10(3-5-12)13(15)16/h2-5,7-8,14H,6H2,1H3,(H,15,16). The highest BCUT2D eigenvalue weighted by atomic mass is 32.2. The van der Waals surface area contributed by atoms with Crippen molar-refractivity contribution in [3.63, 3.8) is 0 Å². The summed E-state index contributed by atoms with van der Waals surface area (Å²) in [6, 6.07) is 5.11. The second-order valence-corrected chi connectivity index (χ2v) is 6.74. The van der Waals surface area contributed by atoms with E-state index in [4.69, 9.17) is 5.11 Å². The molecule has 106 valence electrons. The molecule has 0 unspecified atom stereocenters. The SMILES string of the molecule is Cc1cscc1CNS(=O)(=O)c1ccc(C(=O)O)cc1. The van der Waals surface area contributed by atoms with Gasteiger partial charge in [-0.3, -0.25) is 0 Å². The molecule has 1 heterocycles. The van der Waals surface area contributed by atoms with Gasteiger partial charge in [-0.1, -0.05) is 0 Å². The summed E-state index contributed by atoms with van der Waals surface area (Å²) in [7, 11) is -3.63. The predicted molar refractivity (Wildman–Crippen MR) is 76.5 cm³/mol. The Labute approximate surface area is 120 Å². The van der Waals surface area contributed by atoms with Crippen molar-refractivity contribution in [3.8, 4) is 0 Å². The van der Waals surface area contributed by atoms with Gasteiger partial charge in [-0.25, -0.2) is 17.9 Å². The van der Waals surface area contributed by atoms with Gasteiger partial charge < -0.3 is 5.11 Å². The van der Waals surface area contributed by atoms with Crippen LogP contribution < -0.4 is 4.72 Å².